The molecule has 132 valence electrons. The molecule has 0 saturated heterocycles. The lowest BCUT2D eigenvalue weighted by Gasteiger charge is -2.11. The van der Waals surface area contributed by atoms with Crippen molar-refractivity contribution in [2.75, 3.05) is 13.7 Å². The third kappa shape index (κ3) is 6.11. The Bertz CT molecular complexity index is 604. The van der Waals surface area contributed by atoms with Crippen molar-refractivity contribution < 1.29 is 19.2 Å². The SMILES string of the molecule is CCCCCCOc1c(OC)cc(/C=N\NC(N)=O)cc1[N+](=O)[O-]. The molecule has 3 N–H and O–H groups in total. The summed E-state index contributed by atoms with van der Waals surface area (Å²) in [6.07, 6.45) is 5.21. The molecule has 0 fully saturated rings. The molecule has 0 unspecified atom stereocenters. The van der Waals surface area contributed by atoms with E-state index in [9.17, 15) is 14.9 Å². The second kappa shape index (κ2) is 10.0. The summed E-state index contributed by atoms with van der Waals surface area (Å²) in [4.78, 5) is 21.3. The van der Waals surface area contributed by atoms with E-state index in [0.29, 0.717) is 12.2 Å². The number of nitrogens with zero attached hydrogens (tertiary/aromatic N) is 2. The first-order chi connectivity index (χ1) is 11.5. The number of nitrogens with one attached hydrogen (secondary N) is 1. The number of hydrogen-bond acceptors (Lipinski definition) is 6. The molecule has 0 aliphatic rings. The van der Waals surface area contributed by atoms with Gasteiger partial charge in [0.25, 0.3) is 0 Å². The maximum atomic E-state index is 11.3. The van der Waals surface area contributed by atoms with Crippen molar-refractivity contribution in [2.24, 2.45) is 10.8 Å². The molecule has 0 aliphatic carbocycles. The third-order valence-corrected chi connectivity index (χ3v) is 3.11. The number of primary amides is 1. The van der Waals surface area contributed by atoms with E-state index in [1.807, 2.05) is 5.43 Å². The Balaban J connectivity index is 2.98. The number of carbonyl (C=O) groups is 1. The highest BCUT2D eigenvalue weighted by molar-refractivity contribution is 5.84. The summed E-state index contributed by atoms with van der Waals surface area (Å²) in [6.45, 7) is 2.47. The number of urea groups is 1. The molecule has 0 bridgehead atoms. The molecule has 0 saturated carbocycles. The van der Waals surface area contributed by atoms with Crippen LogP contribution in [0.25, 0.3) is 0 Å². The smallest absolute Gasteiger partial charge is 0.332 e. The fourth-order valence-corrected chi connectivity index (χ4v) is 1.99. The molecule has 2 amide bonds. The van der Waals surface area contributed by atoms with Gasteiger partial charge in [0.1, 0.15) is 0 Å². The second-order valence-corrected chi connectivity index (χ2v) is 4.97. The van der Waals surface area contributed by atoms with Crippen molar-refractivity contribution >= 4 is 17.9 Å². The van der Waals surface area contributed by atoms with Crippen LogP contribution >= 0.6 is 0 Å². The molecule has 0 atom stereocenters. The summed E-state index contributed by atoms with van der Waals surface area (Å²) >= 11 is 0. The van der Waals surface area contributed by atoms with Crippen LogP contribution in [0.15, 0.2) is 17.2 Å². The number of rotatable bonds is 10. The first kappa shape index (κ1) is 19.2. The summed E-state index contributed by atoms with van der Waals surface area (Å²) in [7, 11) is 1.39. The van der Waals surface area contributed by atoms with Gasteiger partial charge in [-0.1, -0.05) is 26.2 Å². The van der Waals surface area contributed by atoms with Crippen molar-refractivity contribution in [3.8, 4) is 11.5 Å². The van der Waals surface area contributed by atoms with E-state index in [1.54, 1.807) is 0 Å². The zero-order chi connectivity index (χ0) is 17.9. The number of nitrogens with two attached hydrogens (primary N) is 1. The Hall–Kier alpha value is -2.84. The third-order valence-electron chi connectivity index (χ3n) is 3.11. The van der Waals surface area contributed by atoms with Gasteiger partial charge in [-0.15, -0.1) is 0 Å². The second-order valence-electron chi connectivity index (χ2n) is 4.97. The van der Waals surface area contributed by atoms with Crippen molar-refractivity contribution in [3.63, 3.8) is 0 Å². The van der Waals surface area contributed by atoms with Gasteiger partial charge in [-0.2, -0.15) is 5.10 Å². The lowest BCUT2D eigenvalue weighted by atomic mass is 10.1. The van der Waals surface area contributed by atoms with E-state index in [2.05, 4.69) is 12.0 Å². The van der Waals surface area contributed by atoms with Crippen LogP contribution in [0.3, 0.4) is 0 Å². The molecule has 0 heterocycles. The number of carbonyl (C=O) groups excluding carboxylic acids is 1. The number of methoxy groups -OCH3 is 1. The van der Waals surface area contributed by atoms with Crippen LogP contribution in [0, 0.1) is 10.1 Å². The van der Waals surface area contributed by atoms with Gasteiger partial charge in [-0.3, -0.25) is 10.1 Å². The molecule has 0 aliphatic heterocycles. The number of amides is 2. The van der Waals surface area contributed by atoms with Crippen LogP contribution in [-0.4, -0.2) is 30.9 Å². The zero-order valence-corrected chi connectivity index (χ0v) is 13.8. The maximum absolute atomic E-state index is 11.3. The Labute approximate surface area is 140 Å². The van der Waals surface area contributed by atoms with E-state index >= 15 is 0 Å². The molecular weight excluding hydrogens is 316 g/mol. The average molecular weight is 338 g/mol. The Kier molecular flexibility index (Phi) is 8.03. The molecule has 0 radical (unpaired) electrons. The van der Waals surface area contributed by atoms with Gasteiger partial charge >= 0.3 is 11.7 Å². The molecule has 9 nitrogen and oxygen atoms in total. The summed E-state index contributed by atoms with van der Waals surface area (Å²) < 4.78 is 10.7. The Morgan fingerprint density at radius 2 is 2.17 bits per heavy atom. The van der Waals surface area contributed by atoms with Crippen molar-refractivity contribution in [3.05, 3.63) is 27.8 Å². The molecule has 1 aromatic carbocycles. The van der Waals surface area contributed by atoms with E-state index in [-0.39, 0.29) is 17.2 Å². The summed E-state index contributed by atoms with van der Waals surface area (Å²) in [5, 5.41) is 14.9. The molecule has 0 aromatic heterocycles. The monoisotopic (exact) mass is 338 g/mol. The molecule has 9 heteroatoms. The highest BCUT2D eigenvalue weighted by Gasteiger charge is 2.22. The zero-order valence-electron chi connectivity index (χ0n) is 13.8. The summed E-state index contributed by atoms with van der Waals surface area (Å²) in [5.41, 5.74) is 7.04. The van der Waals surface area contributed by atoms with E-state index in [1.165, 1.54) is 25.5 Å². The van der Waals surface area contributed by atoms with Gasteiger partial charge in [-0.25, -0.2) is 10.2 Å². The predicted octanol–water partition coefficient (Wildman–Crippen LogP) is 2.56. The largest absolute Gasteiger partial charge is 0.493 e. The Morgan fingerprint density at radius 3 is 2.75 bits per heavy atom. The predicted molar refractivity (Wildman–Crippen MR) is 89.6 cm³/mol. The number of nitro groups is 1. The minimum atomic E-state index is -0.834. The molecule has 0 spiro atoms. The van der Waals surface area contributed by atoms with Crippen LogP contribution in [0.1, 0.15) is 38.2 Å². The topological polar surface area (TPSA) is 129 Å². The first-order valence-corrected chi connectivity index (χ1v) is 7.57. The minimum absolute atomic E-state index is 0.0824. The number of unbranched alkanes of at least 4 members (excludes halogenated alkanes) is 3. The van der Waals surface area contributed by atoms with Crippen LogP contribution in [0.5, 0.6) is 11.5 Å². The summed E-state index contributed by atoms with van der Waals surface area (Å²) in [5.74, 6) is 0.305. The van der Waals surface area contributed by atoms with Crippen LogP contribution in [-0.2, 0) is 0 Å². The normalized spacial score (nSPS) is 10.6. The number of hydrogen-bond donors (Lipinski definition) is 2. The minimum Gasteiger partial charge on any atom is -0.493 e. The molecule has 1 aromatic rings. The fraction of sp³-hybridized carbons (Fsp3) is 0.467. The van der Waals surface area contributed by atoms with Gasteiger partial charge in [0.05, 0.1) is 24.9 Å². The highest BCUT2D eigenvalue weighted by atomic mass is 16.6. The quantitative estimate of drug-likeness (QED) is 0.293. The van der Waals surface area contributed by atoms with Crippen LogP contribution in [0.2, 0.25) is 0 Å². The van der Waals surface area contributed by atoms with Gasteiger partial charge in [0, 0.05) is 11.6 Å². The number of ether oxygens (including phenoxy) is 2. The van der Waals surface area contributed by atoms with Crippen molar-refractivity contribution in [1.82, 2.24) is 5.43 Å². The lowest BCUT2D eigenvalue weighted by molar-refractivity contribution is -0.386. The number of nitro benzene ring substituents is 1. The van der Waals surface area contributed by atoms with Gasteiger partial charge in [0.15, 0.2) is 5.75 Å². The van der Waals surface area contributed by atoms with Gasteiger partial charge in [0.2, 0.25) is 5.75 Å². The first-order valence-electron chi connectivity index (χ1n) is 7.57. The van der Waals surface area contributed by atoms with E-state index < -0.39 is 11.0 Å². The standard InChI is InChI=1S/C15H22N4O5/c1-3-4-5-6-7-24-14-12(19(21)22)8-11(9-13(14)23-2)10-17-18-15(16)20/h8-10H,3-7H2,1-2H3,(H3,16,18,20)/b17-10-. The number of benzene rings is 1. The summed E-state index contributed by atoms with van der Waals surface area (Å²) in [6, 6.07) is 1.98. The average Bonchev–Trinajstić information content (AvgIpc) is 2.54. The van der Waals surface area contributed by atoms with Gasteiger partial charge in [-0.05, 0) is 12.5 Å². The van der Waals surface area contributed by atoms with Gasteiger partial charge < -0.3 is 15.2 Å². The van der Waals surface area contributed by atoms with Crippen molar-refractivity contribution in [1.29, 1.82) is 0 Å². The molecule has 24 heavy (non-hydrogen) atoms. The molecule has 1 rings (SSSR count). The van der Waals surface area contributed by atoms with E-state index in [4.69, 9.17) is 15.2 Å². The molecular formula is C15H22N4O5. The van der Waals surface area contributed by atoms with E-state index in [0.717, 1.165) is 25.7 Å². The Morgan fingerprint density at radius 1 is 1.42 bits per heavy atom. The fourth-order valence-electron chi connectivity index (χ4n) is 1.99. The maximum Gasteiger partial charge on any atom is 0.332 e. The highest BCUT2D eigenvalue weighted by Crippen LogP contribution is 2.38. The number of hydrazone groups is 1. The lowest BCUT2D eigenvalue weighted by Crippen LogP contribution is -2.24. The van der Waals surface area contributed by atoms with Crippen LogP contribution < -0.4 is 20.6 Å². The van der Waals surface area contributed by atoms with Crippen molar-refractivity contribution in [2.45, 2.75) is 32.6 Å². The van der Waals surface area contributed by atoms with Crippen LogP contribution in [0.4, 0.5) is 10.5 Å².